The van der Waals surface area contributed by atoms with Gasteiger partial charge in [-0.2, -0.15) is 0 Å². The monoisotopic (exact) mass is 305 g/mol. The Morgan fingerprint density at radius 1 is 1.29 bits per heavy atom. The van der Waals surface area contributed by atoms with Crippen LogP contribution in [0.1, 0.15) is 15.9 Å². The molecule has 0 unspecified atom stereocenters. The molecule has 5 heteroatoms. The average molecular weight is 306 g/mol. The van der Waals surface area contributed by atoms with Crippen molar-refractivity contribution < 1.29 is 14.6 Å². The molecule has 2 N–H and O–H groups in total. The molecule has 21 heavy (non-hydrogen) atoms. The van der Waals surface area contributed by atoms with Crippen molar-refractivity contribution >= 4 is 23.3 Å². The number of benzene rings is 2. The van der Waals surface area contributed by atoms with E-state index in [1.165, 1.54) is 12.1 Å². The molecule has 0 fully saturated rings. The number of aryl methyl sites for hydroxylation is 1. The minimum Gasteiger partial charge on any atom is -0.492 e. The van der Waals surface area contributed by atoms with E-state index in [-0.39, 0.29) is 5.56 Å². The van der Waals surface area contributed by atoms with Gasteiger partial charge in [0.25, 0.3) is 0 Å². The van der Waals surface area contributed by atoms with Crippen LogP contribution in [0.15, 0.2) is 42.5 Å². The van der Waals surface area contributed by atoms with Crippen LogP contribution in [0.5, 0.6) is 5.75 Å². The average Bonchev–Trinajstić information content (AvgIpc) is 2.47. The van der Waals surface area contributed by atoms with Crippen LogP contribution in [0.25, 0.3) is 0 Å². The summed E-state index contributed by atoms with van der Waals surface area (Å²) in [5, 5.41) is 12.8. The Morgan fingerprint density at radius 3 is 2.86 bits per heavy atom. The van der Waals surface area contributed by atoms with Crippen molar-refractivity contribution in [2.75, 3.05) is 18.5 Å². The fraction of sp³-hybridized carbons (Fsp3) is 0.188. The van der Waals surface area contributed by atoms with Crippen LogP contribution in [0, 0.1) is 6.92 Å². The molecule has 0 radical (unpaired) electrons. The van der Waals surface area contributed by atoms with Crippen LogP contribution in [-0.2, 0) is 0 Å². The third-order valence-electron chi connectivity index (χ3n) is 2.89. The Kier molecular flexibility index (Phi) is 5.06. The molecule has 2 rings (SSSR count). The number of carbonyl (C=O) groups is 1. The zero-order valence-corrected chi connectivity index (χ0v) is 12.4. The van der Waals surface area contributed by atoms with E-state index in [0.29, 0.717) is 23.9 Å². The first kappa shape index (κ1) is 15.2. The number of nitrogens with one attached hydrogen (secondary N) is 1. The third kappa shape index (κ3) is 4.39. The van der Waals surface area contributed by atoms with Crippen molar-refractivity contribution in [3.05, 3.63) is 58.6 Å². The lowest BCUT2D eigenvalue weighted by atomic mass is 10.2. The molecule has 0 saturated carbocycles. The molecule has 0 bridgehead atoms. The van der Waals surface area contributed by atoms with E-state index in [2.05, 4.69) is 5.32 Å². The lowest BCUT2D eigenvalue weighted by Crippen LogP contribution is -2.12. The molecular weight excluding hydrogens is 290 g/mol. The van der Waals surface area contributed by atoms with Crippen molar-refractivity contribution in [3.63, 3.8) is 0 Å². The summed E-state index contributed by atoms with van der Waals surface area (Å²) in [6.07, 6.45) is 0. The molecule has 2 aromatic carbocycles. The zero-order valence-electron chi connectivity index (χ0n) is 11.6. The van der Waals surface area contributed by atoms with Gasteiger partial charge in [-0.1, -0.05) is 23.7 Å². The van der Waals surface area contributed by atoms with Gasteiger partial charge >= 0.3 is 5.97 Å². The highest BCUT2D eigenvalue weighted by molar-refractivity contribution is 6.33. The number of hydrogen-bond acceptors (Lipinski definition) is 3. The number of ether oxygens (including phenoxy) is 1. The maximum atomic E-state index is 10.9. The van der Waals surface area contributed by atoms with E-state index in [0.717, 1.165) is 11.3 Å². The smallest absolute Gasteiger partial charge is 0.335 e. The van der Waals surface area contributed by atoms with E-state index in [9.17, 15) is 4.79 Å². The molecule has 110 valence electrons. The fourth-order valence-electron chi connectivity index (χ4n) is 1.85. The maximum absolute atomic E-state index is 10.9. The summed E-state index contributed by atoms with van der Waals surface area (Å²) < 4.78 is 5.52. The molecule has 4 nitrogen and oxygen atoms in total. The van der Waals surface area contributed by atoms with Crippen molar-refractivity contribution in [3.8, 4) is 5.75 Å². The standard InChI is InChI=1S/C16H16ClNO3/c1-11-5-6-14(17)15(9-11)18-7-8-21-13-4-2-3-12(10-13)16(19)20/h2-6,9-10,18H,7-8H2,1H3,(H,19,20). The lowest BCUT2D eigenvalue weighted by Gasteiger charge is -2.11. The van der Waals surface area contributed by atoms with Gasteiger partial charge in [-0.3, -0.25) is 0 Å². The SMILES string of the molecule is Cc1ccc(Cl)c(NCCOc2cccc(C(=O)O)c2)c1. The van der Waals surface area contributed by atoms with Gasteiger partial charge in [0.1, 0.15) is 12.4 Å². The highest BCUT2D eigenvalue weighted by Gasteiger charge is 2.04. The Labute approximate surface area is 128 Å². The van der Waals surface area contributed by atoms with Crippen LogP contribution in [-0.4, -0.2) is 24.2 Å². The van der Waals surface area contributed by atoms with Gasteiger partial charge in [-0.25, -0.2) is 4.79 Å². The normalized spacial score (nSPS) is 10.2. The van der Waals surface area contributed by atoms with Crippen molar-refractivity contribution in [2.45, 2.75) is 6.92 Å². The summed E-state index contributed by atoms with van der Waals surface area (Å²) >= 11 is 6.08. The number of rotatable bonds is 6. The van der Waals surface area contributed by atoms with Crippen LogP contribution < -0.4 is 10.1 Å². The van der Waals surface area contributed by atoms with E-state index in [1.807, 2.05) is 25.1 Å². The van der Waals surface area contributed by atoms with E-state index in [1.54, 1.807) is 12.1 Å². The highest BCUT2D eigenvalue weighted by atomic mass is 35.5. The number of halogens is 1. The van der Waals surface area contributed by atoms with E-state index < -0.39 is 5.97 Å². The summed E-state index contributed by atoms with van der Waals surface area (Å²) in [5.74, 6) is -0.433. The molecule has 0 aliphatic carbocycles. The molecule has 0 spiro atoms. The lowest BCUT2D eigenvalue weighted by molar-refractivity contribution is 0.0696. The van der Waals surface area contributed by atoms with Crippen LogP contribution in [0.2, 0.25) is 5.02 Å². The van der Waals surface area contributed by atoms with Gasteiger partial charge in [0.05, 0.1) is 16.3 Å². The van der Waals surface area contributed by atoms with E-state index in [4.69, 9.17) is 21.4 Å². The second kappa shape index (κ2) is 6.99. The molecule has 0 atom stereocenters. The number of anilines is 1. The minimum absolute atomic E-state index is 0.210. The summed E-state index contributed by atoms with van der Waals surface area (Å²) in [6, 6.07) is 12.2. The zero-order chi connectivity index (χ0) is 15.2. The molecule has 0 aliphatic rings. The summed E-state index contributed by atoms with van der Waals surface area (Å²) in [5.41, 5.74) is 2.19. The van der Waals surface area contributed by atoms with Crippen molar-refractivity contribution in [1.29, 1.82) is 0 Å². The molecule has 0 amide bonds. The first-order valence-electron chi connectivity index (χ1n) is 6.52. The topological polar surface area (TPSA) is 58.6 Å². The predicted octanol–water partition coefficient (Wildman–Crippen LogP) is 3.84. The van der Waals surface area contributed by atoms with Gasteiger partial charge < -0.3 is 15.2 Å². The maximum Gasteiger partial charge on any atom is 0.335 e. The van der Waals surface area contributed by atoms with Gasteiger partial charge in [-0.05, 0) is 42.8 Å². The first-order chi connectivity index (χ1) is 10.1. The summed E-state index contributed by atoms with van der Waals surface area (Å²) in [6.45, 7) is 2.98. The number of aromatic carboxylic acids is 1. The third-order valence-corrected chi connectivity index (χ3v) is 3.22. The second-order valence-corrected chi connectivity index (χ2v) is 5.00. The Balaban J connectivity index is 1.86. The summed E-state index contributed by atoms with van der Waals surface area (Å²) in [4.78, 5) is 10.9. The van der Waals surface area contributed by atoms with Gasteiger partial charge in [0, 0.05) is 6.54 Å². The molecule has 0 aliphatic heterocycles. The predicted molar refractivity (Wildman–Crippen MR) is 83.6 cm³/mol. The Hall–Kier alpha value is -2.20. The van der Waals surface area contributed by atoms with Crippen LogP contribution in [0.3, 0.4) is 0 Å². The second-order valence-electron chi connectivity index (χ2n) is 4.59. The quantitative estimate of drug-likeness (QED) is 0.796. The van der Waals surface area contributed by atoms with Crippen molar-refractivity contribution in [2.24, 2.45) is 0 Å². The molecule has 0 saturated heterocycles. The van der Waals surface area contributed by atoms with Gasteiger partial charge in [-0.15, -0.1) is 0 Å². The summed E-state index contributed by atoms with van der Waals surface area (Å²) in [7, 11) is 0. The minimum atomic E-state index is -0.967. The number of carboxylic acids is 1. The number of carboxylic acid groups (broad SMARTS) is 1. The molecule has 2 aromatic rings. The van der Waals surface area contributed by atoms with Crippen LogP contribution >= 0.6 is 11.6 Å². The Bertz CT molecular complexity index is 643. The van der Waals surface area contributed by atoms with Crippen molar-refractivity contribution in [1.82, 2.24) is 0 Å². The van der Waals surface area contributed by atoms with Gasteiger partial charge in [0.15, 0.2) is 0 Å². The molecule has 0 heterocycles. The Morgan fingerprint density at radius 2 is 2.10 bits per heavy atom. The fourth-order valence-corrected chi connectivity index (χ4v) is 2.03. The largest absolute Gasteiger partial charge is 0.492 e. The highest BCUT2D eigenvalue weighted by Crippen LogP contribution is 2.22. The van der Waals surface area contributed by atoms with Crippen LogP contribution in [0.4, 0.5) is 5.69 Å². The molecular formula is C16H16ClNO3. The first-order valence-corrected chi connectivity index (χ1v) is 6.90. The van der Waals surface area contributed by atoms with Gasteiger partial charge in [0.2, 0.25) is 0 Å². The van der Waals surface area contributed by atoms with E-state index >= 15 is 0 Å². The molecule has 0 aromatic heterocycles. The number of hydrogen-bond donors (Lipinski definition) is 2.